The van der Waals surface area contributed by atoms with Gasteiger partial charge in [-0.3, -0.25) is 4.68 Å². The van der Waals surface area contributed by atoms with Crippen LogP contribution in [0.1, 0.15) is 12.6 Å². The first-order valence-electron chi connectivity index (χ1n) is 7.17. The summed E-state index contributed by atoms with van der Waals surface area (Å²) in [6.07, 6.45) is -4.43. The molecule has 3 nitrogen and oxygen atoms in total. The molecule has 0 unspecified atom stereocenters. The Morgan fingerprint density at radius 2 is 1.61 bits per heavy atom. The molecule has 0 spiro atoms. The third kappa shape index (κ3) is 3.11. The number of alkyl halides is 3. The molecule has 3 rings (SSSR count). The van der Waals surface area contributed by atoms with E-state index in [9.17, 15) is 13.2 Å². The van der Waals surface area contributed by atoms with Gasteiger partial charge in [-0.15, -0.1) is 0 Å². The Kier molecular flexibility index (Phi) is 3.90. The Bertz CT molecular complexity index is 807. The zero-order chi connectivity index (χ0) is 16.4. The van der Waals surface area contributed by atoms with Crippen LogP contribution >= 0.6 is 0 Å². The van der Waals surface area contributed by atoms with E-state index in [1.807, 2.05) is 36.4 Å². The molecule has 0 fully saturated rings. The number of benzene rings is 1. The van der Waals surface area contributed by atoms with Crippen molar-refractivity contribution in [3.63, 3.8) is 0 Å². The van der Waals surface area contributed by atoms with E-state index in [0.717, 1.165) is 16.3 Å². The molecular weight excluding hydrogens is 303 g/mol. The third-order valence-corrected chi connectivity index (χ3v) is 3.45. The lowest BCUT2D eigenvalue weighted by Crippen LogP contribution is -2.13. The summed E-state index contributed by atoms with van der Waals surface area (Å²) in [4.78, 5) is 4.44. The highest BCUT2D eigenvalue weighted by Crippen LogP contribution is 2.32. The van der Waals surface area contributed by atoms with E-state index in [2.05, 4.69) is 10.1 Å². The van der Waals surface area contributed by atoms with Gasteiger partial charge >= 0.3 is 6.18 Å². The van der Waals surface area contributed by atoms with Crippen LogP contribution in [0.25, 0.3) is 22.6 Å². The minimum absolute atomic E-state index is 0.146. The topological polar surface area (TPSA) is 30.7 Å². The number of hydrogen-bond donors (Lipinski definition) is 0. The molecule has 6 heteroatoms. The normalized spacial score (nSPS) is 11.7. The highest BCUT2D eigenvalue weighted by Gasteiger charge is 2.35. The van der Waals surface area contributed by atoms with Crippen molar-refractivity contribution in [1.29, 1.82) is 0 Å². The zero-order valence-corrected chi connectivity index (χ0v) is 12.4. The van der Waals surface area contributed by atoms with E-state index in [0.29, 0.717) is 11.4 Å². The van der Waals surface area contributed by atoms with Gasteiger partial charge in [0.1, 0.15) is 11.4 Å². The fourth-order valence-corrected chi connectivity index (χ4v) is 2.36. The quantitative estimate of drug-likeness (QED) is 0.704. The molecule has 3 aromatic rings. The molecule has 0 N–H and O–H groups in total. The summed E-state index contributed by atoms with van der Waals surface area (Å²) in [5.41, 5.74) is 1.48. The molecule has 0 atom stereocenters. The van der Waals surface area contributed by atoms with Crippen molar-refractivity contribution in [2.45, 2.75) is 19.6 Å². The maximum Gasteiger partial charge on any atom is 0.433 e. The van der Waals surface area contributed by atoms with Crippen LogP contribution < -0.4 is 0 Å². The van der Waals surface area contributed by atoms with Gasteiger partial charge in [0.2, 0.25) is 0 Å². The van der Waals surface area contributed by atoms with E-state index < -0.39 is 11.9 Å². The average Bonchev–Trinajstić information content (AvgIpc) is 3.01. The first-order chi connectivity index (χ1) is 11.0. The van der Waals surface area contributed by atoms with Crippen LogP contribution in [0, 0.1) is 0 Å². The molecule has 0 radical (unpaired) electrons. The van der Waals surface area contributed by atoms with Crippen molar-refractivity contribution in [2.24, 2.45) is 0 Å². The Morgan fingerprint density at radius 1 is 0.913 bits per heavy atom. The highest BCUT2D eigenvalue weighted by atomic mass is 19.4. The summed E-state index contributed by atoms with van der Waals surface area (Å²) < 4.78 is 40.0. The summed E-state index contributed by atoms with van der Waals surface area (Å²) in [5.74, 6) is 0. The Balaban J connectivity index is 2.05. The van der Waals surface area contributed by atoms with Crippen molar-refractivity contribution in [1.82, 2.24) is 14.8 Å². The Morgan fingerprint density at radius 3 is 2.22 bits per heavy atom. The molecule has 23 heavy (non-hydrogen) atoms. The maximum absolute atomic E-state index is 13.0. The van der Waals surface area contributed by atoms with E-state index in [4.69, 9.17) is 0 Å². The molecule has 0 aliphatic rings. The molecule has 2 aromatic heterocycles. The average molecular weight is 317 g/mol. The highest BCUT2D eigenvalue weighted by molar-refractivity contribution is 5.64. The van der Waals surface area contributed by atoms with Gasteiger partial charge in [0.25, 0.3) is 0 Å². The fourth-order valence-electron chi connectivity index (χ4n) is 2.36. The maximum atomic E-state index is 13.0. The molecule has 1 aromatic carbocycles. The van der Waals surface area contributed by atoms with Crippen molar-refractivity contribution < 1.29 is 13.2 Å². The summed E-state index contributed by atoms with van der Waals surface area (Å²) >= 11 is 0. The van der Waals surface area contributed by atoms with Gasteiger partial charge in [0, 0.05) is 12.1 Å². The van der Waals surface area contributed by atoms with E-state index in [1.165, 1.54) is 0 Å². The molecule has 0 aliphatic heterocycles. The zero-order valence-electron chi connectivity index (χ0n) is 12.4. The van der Waals surface area contributed by atoms with Crippen molar-refractivity contribution in [3.05, 3.63) is 60.3 Å². The summed E-state index contributed by atoms with van der Waals surface area (Å²) in [6, 6.07) is 15.8. The lowest BCUT2D eigenvalue weighted by Gasteiger charge is -2.06. The first-order valence-corrected chi connectivity index (χ1v) is 7.17. The number of aromatic nitrogens is 3. The fraction of sp³-hybridized carbons (Fsp3) is 0.176. The van der Waals surface area contributed by atoms with Gasteiger partial charge in [-0.2, -0.15) is 18.3 Å². The lowest BCUT2D eigenvalue weighted by atomic mass is 10.1. The third-order valence-electron chi connectivity index (χ3n) is 3.45. The van der Waals surface area contributed by atoms with Crippen LogP contribution in [0.3, 0.4) is 0 Å². The van der Waals surface area contributed by atoms with Gasteiger partial charge in [-0.1, -0.05) is 36.4 Å². The second-order valence-electron chi connectivity index (χ2n) is 5.00. The SMILES string of the molecule is CCn1nc(-c2cccc(-c3ccccc3)n2)cc1C(F)(F)F. The van der Waals surface area contributed by atoms with Gasteiger partial charge in [-0.25, -0.2) is 4.98 Å². The first kappa shape index (κ1) is 15.3. The van der Waals surface area contributed by atoms with Crippen molar-refractivity contribution >= 4 is 0 Å². The Hall–Kier alpha value is -2.63. The number of rotatable bonds is 3. The van der Waals surface area contributed by atoms with Gasteiger partial charge in [-0.05, 0) is 25.1 Å². The van der Waals surface area contributed by atoms with Crippen LogP contribution in [-0.2, 0) is 12.7 Å². The number of pyridine rings is 1. The van der Waals surface area contributed by atoms with Crippen LogP contribution in [-0.4, -0.2) is 14.8 Å². The second-order valence-corrected chi connectivity index (χ2v) is 5.00. The molecule has 0 saturated carbocycles. The molecular formula is C17H14F3N3. The van der Waals surface area contributed by atoms with E-state index in [-0.39, 0.29) is 12.2 Å². The Labute approximate surface area is 131 Å². The minimum Gasteiger partial charge on any atom is -0.260 e. The molecule has 0 saturated heterocycles. The van der Waals surface area contributed by atoms with Gasteiger partial charge < -0.3 is 0 Å². The van der Waals surface area contributed by atoms with E-state index in [1.54, 1.807) is 19.1 Å². The summed E-state index contributed by atoms with van der Waals surface area (Å²) in [7, 11) is 0. The molecule has 0 aliphatic carbocycles. The molecule has 0 amide bonds. The standard InChI is InChI=1S/C17H14F3N3/c1-2-23-16(17(18,19)20)11-15(22-23)14-10-6-9-13(21-14)12-7-4-3-5-8-12/h3-11H,2H2,1H3. The van der Waals surface area contributed by atoms with Crippen molar-refractivity contribution in [2.75, 3.05) is 0 Å². The van der Waals surface area contributed by atoms with Crippen molar-refractivity contribution in [3.8, 4) is 22.6 Å². The van der Waals surface area contributed by atoms with Gasteiger partial charge in [0.15, 0.2) is 0 Å². The summed E-state index contributed by atoms with van der Waals surface area (Å²) in [6.45, 7) is 1.77. The van der Waals surface area contributed by atoms with Crippen LogP contribution in [0.2, 0.25) is 0 Å². The number of aryl methyl sites for hydroxylation is 1. The van der Waals surface area contributed by atoms with E-state index >= 15 is 0 Å². The second kappa shape index (κ2) is 5.87. The summed E-state index contributed by atoms with van der Waals surface area (Å²) in [5, 5.41) is 4.03. The van der Waals surface area contributed by atoms with Crippen LogP contribution in [0.15, 0.2) is 54.6 Å². The van der Waals surface area contributed by atoms with Crippen LogP contribution in [0.5, 0.6) is 0 Å². The predicted octanol–water partition coefficient (Wildman–Crippen LogP) is 4.65. The lowest BCUT2D eigenvalue weighted by molar-refractivity contribution is -0.144. The molecule has 2 heterocycles. The minimum atomic E-state index is -4.43. The number of hydrogen-bond acceptors (Lipinski definition) is 2. The molecule has 0 bridgehead atoms. The number of halogens is 3. The largest absolute Gasteiger partial charge is 0.433 e. The van der Waals surface area contributed by atoms with Crippen LogP contribution in [0.4, 0.5) is 13.2 Å². The number of nitrogens with zero attached hydrogens (tertiary/aromatic N) is 3. The predicted molar refractivity (Wildman–Crippen MR) is 81.6 cm³/mol. The molecule has 118 valence electrons. The smallest absolute Gasteiger partial charge is 0.260 e. The monoisotopic (exact) mass is 317 g/mol. The van der Waals surface area contributed by atoms with Gasteiger partial charge in [0.05, 0.1) is 11.4 Å².